The average Bonchev–Trinajstić information content (AvgIpc) is 2.89. The van der Waals surface area contributed by atoms with Crippen LogP contribution in [0, 0.1) is 11.3 Å². The SMILES string of the molecule is CN(CCCOc1cccc(C#N)c1)CC1CCCN1C. The molecule has 4 nitrogen and oxygen atoms in total. The van der Waals surface area contributed by atoms with Crippen molar-refractivity contribution in [1.29, 1.82) is 5.26 Å². The van der Waals surface area contributed by atoms with Crippen molar-refractivity contribution in [3.63, 3.8) is 0 Å². The molecule has 1 fully saturated rings. The molecular weight excluding hydrogens is 262 g/mol. The minimum Gasteiger partial charge on any atom is -0.494 e. The number of benzene rings is 1. The fourth-order valence-electron chi connectivity index (χ4n) is 2.84. The normalized spacial score (nSPS) is 18.9. The molecule has 1 aliphatic rings. The zero-order valence-corrected chi connectivity index (χ0v) is 13.1. The summed E-state index contributed by atoms with van der Waals surface area (Å²) in [7, 11) is 4.40. The Kier molecular flexibility index (Phi) is 6.04. The molecule has 1 aliphatic heterocycles. The number of likely N-dealkylation sites (tertiary alicyclic amines) is 1. The lowest BCUT2D eigenvalue weighted by atomic mass is 10.2. The van der Waals surface area contributed by atoms with Gasteiger partial charge in [0.2, 0.25) is 0 Å². The van der Waals surface area contributed by atoms with Crippen molar-refractivity contribution in [2.24, 2.45) is 0 Å². The van der Waals surface area contributed by atoms with E-state index in [1.165, 1.54) is 19.4 Å². The highest BCUT2D eigenvalue weighted by Crippen LogP contribution is 2.16. The largest absolute Gasteiger partial charge is 0.494 e. The van der Waals surface area contributed by atoms with Gasteiger partial charge in [-0.05, 0) is 58.1 Å². The van der Waals surface area contributed by atoms with Crippen LogP contribution in [0.5, 0.6) is 5.75 Å². The number of nitrogens with zero attached hydrogens (tertiary/aromatic N) is 3. The lowest BCUT2D eigenvalue weighted by molar-refractivity contribution is 0.205. The number of hydrogen-bond acceptors (Lipinski definition) is 4. The topological polar surface area (TPSA) is 39.5 Å². The summed E-state index contributed by atoms with van der Waals surface area (Å²) in [4.78, 5) is 4.85. The van der Waals surface area contributed by atoms with Gasteiger partial charge in [0.1, 0.15) is 5.75 Å². The second kappa shape index (κ2) is 8.02. The number of ether oxygens (including phenoxy) is 1. The molecule has 2 rings (SSSR count). The van der Waals surface area contributed by atoms with E-state index in [-0.39, 0.29) is 0 Å². The Hall–Kier alpha value is -1.57. The Labute approximate surface area is 127 Å². The molecule has 0 radical (unpaired) electrons. The van der Waals surface area contributed by atoms with E-state index in [9.17, 15) is 0 Å². The fourth-order valence-corrected chi connectivity index (χ4v) is 2.84. The molecule has 0 N–H and O–H groups in total. The molecule has 1 aromatic carbocycles. The highest BCUT2D eigenvalue weighted by Gasteiger charge is 2.21. The summed E-state index contributed by atoms with van der Waals surface area (Å²) in [6, 6.07) is 10.2. The minimum absolute atomic E-state index is 0.647. The summed E-state index contributed by atoms with van der Waals surface area (Å²) in [6.45, 7) is 4.11. The molecule has 0 spiro atoms. The van der Waals surface area contributed by atoms with Crippen LogP contribution in [0.3, 0.4) is 0 Å². The van der Waals surface area contributed by atoms with Gasteiger partial charge in [0, 0.05) is 19.1 Å². The van der Waals surface area contributed by atoms with Crippen LogP contribution in [0.15, 0.2) is 24.3 Å². The van der Waals surface area contributed by atoms with E-state index in [1.54, 1.807) is 12.1 Å². The number of nitriles is 1. The second-order valence-corrected chi connectivity index (χ2v) is 5.88. The molecule has 1 aromatic rings. The minimum atomic E-state index is 0.647. The highest BCUT2D eigenvalue weighted by molar-refractivity contribution is 5.36. The van der Waals surface area contributed by atoms with Crippen LogP contribution in [0.25, 0.3) is 0 Å². The van der Waals surface area contributed by atoms with E-state index in [0.29, 0.717) is 18.2 Å². The Morgan fingerprint density at radius 1 is 1.48 bits per heavy atom. The first-order valence-electron chi connectivity index (χ1n) is 7.71. The van der Waals surface area contributed by atoms with Gasteiger partial charge in [0.05, 0.1) is 18.2 Å². The molecular formula is C17H25N3O. The summed E-state index contributed by atoms with van der Waals surface area (Å²) in [5, 5.41) is 8.85. The van der Waals surface area contributed by atoms with Gasteiger partial charge in [-0.15, -0.1) is 0 Å². The highest BCUT2D eigenvalue weighted by atomic mass is 16.5. The van der Waals surface area contributed by atoms with Crippen LogP contribution in [-0.2, 0) is 0 Å². The Balaban J connectivity index is 1.63. The third kappa shape index (κ3) is 5.04. The molecule has 0 saturated carbocycles. The predicted octanol–water partition coefficient (Wildman–Crippen LogP) is 2.35. The van der Waals surface area contributed by atoms with Crippen molar-refractivity contribution >= 4 is 0 Å². The summed E-state index contributed by atoms with van der Waals surface area (Å²) in [5.41, 5.74) is 0.647. The van der Waals surface area contributed by atoms with Crippen LogP contribution >= 0.6 is 0 Å². The summed E-state index contributed by atoms with van der Waals surface area (Å²) < 4.78 is 5.70. The van der Waals surface area contributed by atoms with Crippen molar-refractivity contribution in [2.45, 2.75) is 25.3 Å². The van der Waals surface area contributed by atoms with Crippen LogP contribution in [0.4, 0.5) is 0 Å². The molecule has 1 unspecified atom stereocenters. The van der Waals surface area contributed by atoms with Gasteiger partial charge in [-0.1, -0.05) is 6.07 Å². The van der Waals surface area contributed by atoms with E-state index in [1.807, 2.05) is 12.1 Å². The molecule has 114 valence electrons. The van der Waals surface area contributed by atoms with E-state index < -0.39 is 0 Å². The molecule has 0 aliphatic carbocycles. The first-order chi connectivity index (χ1) is 10.2. The van der Waals surface area contributed by atoms with Gasteiger partial charge in [0.25, 0.3) is 0 Å². The Morgan fingerprint density at radius 2 is 2.33 bits per heavy atom. The van der Waals surface area contributed by atoms with Gasteiger partial charge in [-0.3, -0.25) is 0 Å². The standard InChI is InChI=1S/C17H25N3O/c1-19(14-16-7-4-10-20(16)2)9-5-11-21-17-8-3-6-15(12-17)13-18/h3,6,8,12,16H,4-5,7,9-11,14H2,1-2H3. The number of hydrogen-bond donors (Lipinski definition) is 0. The van der Waals surface area contributed by atoms with Crippen molar-refractivity contribution in [3.8, 4) is 11.8 Å². The van der Waals surface area contributed by atoms with Gasteiger partial charge < -0.3 is 14.5 Å². The van der Waals surface area contributed by atoms with Crippen molar-refractivity contribution in [1.82, 2.24) is 9.80 Å². The first-order valence-corrected chi connectivity index (χ1v) is 7.71. The first kappa shape index (κ1) is 15.8. The third-order valence-corrected chi connectivity index (χ3v) is 4.11. The lowest BCUT2D eigenvalue weighted by Crippen LogP contribution is -2.37. The maximum Gasteiger partial charge on any atom is 0.120 e. The van der Waals surface area contributed by atoms with Gasteiger partial charge in [-0.2, -0.15) is 5.26 Å². The molecule has 1 atom stereocenters. The van der Waals surface area contributed by atoms with Gasteiger partial charge in [0.15, 0.2) is 0 Å². The van der Waals surface area contributed by atoms with Crippen molar-refractivity contribution < 1.29 is 4.74 Å². The smallest absolute Gasteiger partial charge is 0.120 e. The van der Waals surface area contributed by atoms with E-state index in [0.717, 1.165) is 25.3 Å². The van der Waals surface area contributed by atoms with Gasteiger partial charge in [-0.25, -0.2) is 0 Å². The molecule has 0 aromatic heterocycles. The van der Waals surface area contributed by atoms with E-state index in [2.05, 4.69) is 30.0 Å². The lowest BCUT2D eigenvalue weighted by Gasteiger charge is -2.25. The zero-order chi connectivity index (χ0) is 15.1. The maximum atomic E-state index is 8.85. The molecule has 0 amide bonds. The molecule has 0 bridgehead atoms. The zero-order valence-electron chi connectivity index (χ0n) is 13.1. The second-order valence-electron chi connectivity index (χ2n) is 5.88. The van der Waals surface area contributed by atoms with Crippen LogP contribution in [-0.4, -0.2) is 56.2 Å². The van der Waals surface area contributed by atoms with Crippen LogP contribution < -0.4 is 4.74 Å². The number of rotatable bonds is 7. The fraction of sp³-hybridized carbons (Fsp3) is 0.588. The Morgan fingerprint density at radius 3 is 3.05 bits per heavy atom. The molecule has 4 heteroatoms. The summed E-state index contributed by atoms with van der Waals surface area (Å²) >= 11 is 0. The molecule has 21 heavy (non-hydrogen) atoms. The van der Waals surface area contributed by atoms with E-state index >= 15 is 0 Å². The molecule has 1 heterocycles. The summed E-state index contributed by atoms with van der Waals surface area (Å²) in [5.74, 6) is 0.784. The predicted molar refractivity (Wildman–Crippen MR) is 84.4 cm³/mol. The van der Waals surface area contributed by atoms with Crippen molar-refractivity contribution in [3.05, 3.63) is 29.8 Å². The maximum absolute atomic E-state index is 8.85. The number of likely N-dealkylation sites (N-methyl/N-ethyl adjacent to an activating group) is 2. The quantitative estimate of drug-likeness (QED) is 0.722. The van der Waals surface area contributed by atoms with Crippen molar-refractivity contribution in [2.75, 3.05) is 40.3 Å². The average molecular weight is 287 g/mol. The van der Waals surface area contributed by atoms with Crippen LogP contribution in [0.1, 0.15) is 24.8 Å². The third-order valence-electron chi connectivity index (χ3n) is 4.11. The monoisotopic (exact) mass is 287 g/mol. The van der Waals surface area contributed by atoms with Crippen LogP contribution in [0.2, 0.25) is 0 Å². The van der Waals surface area contributed by atoms with E-state index in [4.69, 9.17) is 10.00 Å². The Bertz CT molecular complexity index is 483. The van der Waals surface area contributed by atoms with Gasteiger partial charge >= 0.3 is 0 Å². The summed E-state index contributed by atoms with van der Waals surface area (Å²) in [6.07, 6.45) is 3.65. The molecule has 1 saturated heterocycles.